The number of methoxy groups -OCH3 is 1. The van der Waals surface area contributed by atoms with Crippen LogP contribution >= 0.6 is 9.24 Å². The number of fused-ring (bicyclic) bond motifs is 5. The molecule has 0 radical (unpaired) electrons. The molecule has 1 saturated heterocycles. The Hall–Kier alpha value is -6.07. The van der Waals surface area contributed by atoms with Crippen molar-refractivity contribution < 1.29 is 23.9 Å². The summed E-state index contributed by atoms with van der Waals surface area (Å²) in [5, 5.41) is 7.28. The zero-order valence-corrected chi connectivity index (χ0v) is 32.1. The van der Waals surface area contributed by atoms with Crippen LogP contribution in [-0.2, 0) is 25.7 Å². The zero-order chi connectivity index (χ0) is 38.8. The van der Waals surface area contributed by atoms with E-state index in [1.807, 2.05) is 47.4 Å². The van der Waals surface area contributed by atoms with E-state index in [0.29, 0.717) is 37.0 Å². The fourth-order valence-electron chi connectivity index (χ4n) is 8.36. The molecule has 2 bridgehead atoms. The van der Waals surface area contributed by atoms with Crippen LogP contribution in [0.3, 0.4) is 0 Å². The van der Waals surface area contributed by atoms with Crippen molar-refractivity contribution in [1.29, 1.82) is 0 Å². The monoisotopic (exact) mass is 770 g/mol. The lowest BCUT2D eigenvalue weighted by Crippen LogP contribution is -2.47. The highest BCUT2D eigenvalue weighted by molar-refractivity contribution is 7.16. The van der Waals surface area contributed by atoms with E-state index in [0.717, 1.165) is 69.3 Å². The van der Waals surface area contributed by atoms with Crippen molar-refractivity contribution in [3.63, 3.8) is 0 Å². The van der Waals surface area contributed by atoms with Crippen LogP contribution in [0.4, 0.5) is 4.79 Å². The molecule has 1 saturated carbocycles. The lowest BCUT2D eigenvalue weighted by atomic mass is 9.96. The van der Waals surface area contributed by atoms with Crippen molar-refractivity contribution in [3.8, 4) is 22.4 Å². The van der Waals surface area contributed by atoms with Gasteiger partial charge in [0.2, 0.25) is 12.3 Å². The molecule has 1 aliphatic heterocycles. The van der Waals surface area contributed by atoms with Gasteiger partial charge in [-0.3, -0.25) is 14.4 Å². The van der Waals surface area contributed by atoms with Gasteiger partial charge in [0.05, 0.1) is 49.2 Å². The Morgan fingerprint density at radius 3 is 2.55 bits per heavy atom. The van der Waals surface area contributed by atoms with Gasteiger partial charge in [-0.1, -0.05) is 72.8 Å². The number of hydrogen-bond acceptors (Lipinski definition) is 7. The maximum absolute atomic E-state index is 14.4. The number of piperidine rings is 1. The first kappa shape index (κ1) is 36.9. The molecular formula is C42H43N8O5P. The second-order valence-corrected chi connectivity index (χ2v) is 14.9. The second-order valence-electron chi connectivity index (χ2n) is 14.3. The van der Waals surface area contributed by atoms with E-state index in [-0.39, 0.29) is 36.4 Å². The molecule has 1 aliphatic carbocycles. The van der Waals surface area contributed by atoms with Gasteiger partial charge in [-0.25, -0.2) is 14.8 Å². The van der Waals surface area contributed by atoms with Crippen LogP contribution in [0.2, 0.25) is 0 Å². The molecular weight excluding hydrogens is 727 g/mol. The van der Waals surface area contributed by atoms with Gasteiger partial charge < -0.3 is 35.1 Å². The number of likely N-dealkylation sites (tertiary alicyclic amines) is 1. The van der Waals surface area contributed by atoms with Crippen LogP contribution < -0.4 is 10.6 Å². The number of benzene rings is 4. The molecule has 4 aromatic carbocycles. The van der Waals surface area contributed by atoms with Crippen molar-refractivity contribution >= 4 is 55.4 Å². The lowest BCUT2D eigenvalue weighted by molar-refractivity contribution is -0.138. The normalized spacial score (nSPS) is 17.9. The van der Waals surface area contributed by atoms with E-state index in [4.69, 9.17) is 9.72 Å². The minimum atomic E-state index is -0.878. The van der Waals surface area contributed by atoms with Gasteiger partial charge in [-0.05, 0) is 71.1 Å². The van der Waals surface area contributed by atoms with E-state index in [1.54, 1.807) is 11.1 Å². The molecule has 14 heteroatoms. The van der Waals surface area contributed by atoms with Crippen molar-refractivity contribution in [2.24, 2.45) is 5.92 Å². The van der Waals surface area contributed by atoms with E-state index in [9.17, 15) is 19.2 Å². The number of alkyl carbamates (subject to hydrolysis) is 1. The van der Waals surface area contributed by atoms with Gasteiger partial charge in [-0.15, -0.1) is 9.24 Å². The van der Waals surface area contributed by atoms with Crippen LogP contribution in [0, 0.1) is 5.92 Å². The maximum Gasteiger partial charge on any atom is 0.407 e. The Kier molecular flexibility index (Phi) is 10.5. The summed E-state index contributed by atoms with van der Waals surface area (Å²) in [7, 11) is 3.92. The molecule has 1 unspecified atom stereocenters. The molecule has 0 spiro atoms. The molecule has 2 fully saturated rings. The largest absolute Gasteiger partial charge is 0.453 e. The molecule has 2 aromatic heterocycles. The molecule has 8 rings (SSSR count). The maximum atomic E-state index is 14.4. The van der Waals surface area contributed by atoms with Gasteiger partial charge in [0.15, 0.2) is 0 Å². The lowest BCUT2D eigenvalue weighted by Gasteiger charge is -2.36. The van der Waals surface area contributed by atoms with Gasteiger partial charge in [0, 0.05) is 18.0 Å². The summed E-state index contributed by atoms with van der Waals surface area (Å²) in [5.74, 6) is 1.36. The summed E-state index contributed by atoms with van der Waals surface area (Å²) in [4.78, 5) is 70.2. The molecule has 4 N–H and O–H groups in total. The average Bonchev–Trinajstić information content (AvgIpc) is 4.06. The summed E-state index contributed by atoms with van der Waals surface area (Å²) < 4.78 is 4.90. The molecule has 13 nitrogen and oxygen atoms in total. The molecule has 4 amide bonds. The third kappa shape index (κ3) is 7.22. The quantitative estimate of drug-likeness (QED) is 0.0843. The van der Waals surface area contributed by atoms with E-state index < -0.39 is 12.1 Å². The standard InChI is InChI=1S/C42H43N8O5P/c1-55-42(54)48-37(27-5-3-2-4-6-27)41(53)50-31-14-11-30(20-31)39(50)40-46-33-16-13-29-19-28(12-15-32(29)38(33)47-40)25-7-9-26(10-8-25)34-21-44-35(45-34)23-49(17-18-56)36(52)22-43-24-51/h2-10,12-13,15-16,19,21,24,30-31,37,39H,11,14,17-18,20,22-23,56H2,1H3,(H,43,51)(H,44,45)(H,46,47)(H,48,54)/t30-,31+,37+,39-/m0/s1. The highest BCUT2D eigenvalue weighted by Gasteiger charge is 2.51. The predicted molar refractivity (Wildman–Crippen MR) is 216 cm³/mol. The number of rotatable bonds is 13. The molecule has 2 aliphatic rings. The van der Waals surface area contributed by atoms with E-state index in [1.165, 1.54) is 7.11 Å². The van der Waals surface area contributed by atoms with Crippen molar-refractivity contribution in [2.45, 2.75) is 43.9 Å². The fourth-order valence-corrected chi connectivity index (χ4v) is 8.67. The molecule has 6 aromatic rings. The van der Waals surface area contributed by atoms with Crippen LogP contribution in [-0.4, -0.2) is 86.5 Å². The molecule has 5 atom stereocenters. The third-order valence-electron chi connectivity index (χ3n) is 11.0. The van der Waals surface area contributed by atoms with Gasteiger partial charge in [-0.2, -0.15) is 0 Å². The number of ether oxygens (including phenoxy) is 1. The van der Waals surface area contributed by atoms with Gasteiger partial charge >= 0.3 is 6.09 Å². The third-order valence-corrected chi connectivity index (χ3v) is 11.3. The molecule has 56 heavy (non-hydrogen) atoms. The summed E-state index contributed by atoms with van der Waals surface area (Å²) in [6.45, 7) is 0.791. The fraction of sp³-hybridized carbons (Fsp3) is 0.286. The number of amides is 4. The first-order valence-corrected chi connectivity index (χ1v) is 19.6. The predicted octanol–water partition coefficient (Wildman–Crippen LogP) is 5.87. The number of aromatic amines is 2. The van der Waals surface area contributed by atoms with Crippen LogP contribution in [0.25, 0.3) is 44.2 Å². The number of H-pyrrole nitrogens is 2. The van der Waals surface area contributed by atoms with Crippen LogP contribution in [0.5, 0.6) is 0 Å². The number of carbonyl (C=O) groups is 4. The second kappa shape index (κ2) is 16.0. The number of nitrogens with zero attached hydrogens (tertiary/aromatic N) is 4. The van der Waals surface area contributed by atoms with Crippen LogP contribution in [0.15, 0.2) is 91.1 Å². The number of aromatic nitrogens is 4. The number of carbonyl (C=O) groups excluding carboxylic acids is 4. The Labute approximate surface area is 325 Å². The summed E-state index contributed by atoms with van der Waals surface area (Å²) in [6, 6.07) is 27.0. The Morgan fingerprint density at radius 2 is 1.79 bits per heavy atom. The highest BCUT2D eigenvalue weighted by Crippen LogP contribution is 2.51. The van der Waals surface area contributed by atoms with Crippen LogP contribution in [0.1, 0.15) is 48.6 Å². The van der Waals surface area contributed by atoms with Gasteiger partial charge in [0.1, 0.15) is 17.7 Å². The summed E-state index contributed by atoms with van der Waals surface area (Å²) in [6.07, 6.45) is 5.18. The minimum Gasteiger partial charge on any atom is -0.453 e. The van der Waals surface area contributed by atoms with E-state index in [2.05, 4.69) is 77.3 Å². The zero-order valence-electron chi connectivity index (χ0n) is 30.9. The minimum absolute atomic E-state index is 0.0529. The average molecular weight is 771 g/mol. The van der Waals surface area contributed by atoms with Crippen molar-refractivity contribution in [1.82, 2.24) is 40.4 Å². The van der Waals surface area contributed by atoms with Crippen molar-refractivity contribution in [3.05, 3.63) is 108 Å². The molecule has 286 valence electrons. The number of imidazole rings is 2. The Bertz CT molecular complexity index is 2400. The highest BCUT2D eigenvalue weighted by atomic mass is 31.0. The summed E-state index contributed by atoms with van der Waals surface area (Å²) in [5.41, 5.74) is 6.40. The Morgan fingerprint density at radius 1 is 1.00 bits per heavy atom. The van der Waals surface area contributed by atoms with E-state index >= 15 is 0 Å². The Balaban J connectivity index is 1.02. The topological polar surface area (TPSA) is 165 Å². The first-order chi connectivity index (χ1) is 27.3. The number of nitrogens with one attached hydrogen (secondary N) is 4. The number of hydrogen-bond donors (Lipinski definition) is 4. The SMILES string of the molecule is COC(=O)N[C@@H](C(=O)N1[C@@H]2CC[C@@H](C2)[C@H]1c1nc2c(ccc3cc(-c4ccc(-c5cnc(CN(CCP)C(=O)CNC=O)[nH]5)cc4)ccc32)[nH]1)c1ccccc1. The smallest absolute Gasteiger partial charge is 0.407 e. The summed E-state index contributed by atoms with van der Waals surface area (Å²) >= 11 is 0. The van der Waals surface area contributed by atoms with Crippen molar-refractivity contribution in [2.75, 3.05) is 26.4 Å². The molecule has 3 heterocycles. The first-order valence-electron chi connectivity index (χ1n) is 18.8. The van der Waals surface area contributed by atoms with Gasteiger partial charge in [0.25, 0.3) is 5.91 Å².